The minimum Gasteiger partial charge on any atom is -0.504 e. The topological polar surface area (TPSA) is 57.2 Å². The number of thioether (sulfide) groups is 2. The zero-order chi connectivity index (χ0) is 19.6. The molecule has 27 heavy (non-hydrogen) atoms. The van der Waals surface area contributed by atoms with Crippen LogP contribution in [-0.4, -0.2) is 39.3 Å². The van der Waals surface area contributed by atoms with Gasteiger partial charge < -0.3 is 24.1 Å². The smallest absolute Gasteiger partial charge is 0.203 e. The lowest BCUT2D eigenvalue weighted by molar-refractivity contribution is 0.324. The van der Waals surface area contributed by atoms with Crippen molar-refractivity contribution >= 4 is 46.1 Å². The van der Waals surface area contributed by atoms with Crippen LogP contribution in [-0.2, 0) is 0 Å². The Bertz CT molecular complexity index is 782. The first-order valence-corrected chi connectivity index (χ1v) is 11.2. The summed E-state index contributed by atoms with van der Waals surface area (Å²) in [7, 11) is 6.43. The lowest BCUT2D eigenvalue weighted by Gasteiger charge is -2.17. The van der Waals surface area contributed by atoms with E-state index in [9.17, 15) is 5.11 Å². The number of aromatic hydroxyl groups is 1. The fourth-order valence-corrected chi connectivity index (χ4v) is 7.09. The molecular formula is C19H21IO5S2. The molecule has 0 saturated carbocycles. The quantitative estimate of drug-likeness (QED) is 0.523. The molecule has 0 bridgehead atoms. The third-order valence-electron chi connectivity index (χ3n) is 4.27. The fourth-order valence-electron chi connectivity index (χ4n) is 2.98. The van der Waals surface area contributed by atoms with Crippen molar-refractivity contribution in [2.45, 2.75) is 9.83 Å². The molecule has 3 rings (SSSR count). The van der Waals surface area contributed by atoms with Crippen molar-refractivity contribution in [1.82, 2.24) is 0 Å². The van der Waals surface area contributed by atoms with Crippen LogP contribution in [0.15, 0.2) is 24.3 Å². The highest BCUT2D eigenvalue weighted by Gasteiger charge is 2.31. The van der Waals surface area contributed by atoms with Gasteiger partial charge in [0.1, 0.15) is 0 Å². The first-order chi connectivity index (χ1) is 13.0. The van der Waals surface area contributed by atoms with Crippen LogP contribution in [0.1, 0.15) is 21.0 Å². The number of rotatable bonds is 6. The van der Waals surface area contributed by atoms with Gasteiger partial charge in [0.05, 0.1) is 36.6 Å². The maximum atomic E-state index is 10.2. The zero-order valence-corrected chi connectivity index (χ0v) is 19.2. The molecule has 0 unspecified atom stereocenters. The highest BCUT2D eigenvalue weighted by atomic mass is 127. The lowest BCUT2D eigenvalue weighted by Crippen LogP contribution is -1.99. The predicted molar refractivity (Wildman–Crippen MR) is 119 cm³/mol. The monoisotopic (exact) mass is 520 g/mol. The zero-order valence-electron chi connectivity index (χ0n) is 15.4. The number of hydrogen-bond donors (Lipinski definition) is 1. The summed E-state index contributed by atoms with van der Waals surface area (Å²) in [4.78, 5) is 0. The molecule has 0 aromatic heterocycles. The molecule has 1 fully saturated rings. The molecule has 146 valence electrons. The Morgan fingerprint density at radius 1 is 0.889 bits per heavy atom. The van der Waals surface area contributed by atoms with Gasteiger partial charge in [0.2, 0.25) is 5.75 Å². The average Bonchev–Trinajstić information content (AvgIpc) is 3.16. The molecule has 1 heterocycles. The Kier molecular flexibility index (Phi) is 6.80. The molecule has 5 nitrogen and oxygen atoms in total. The van der Waals surface area contributed by atoms with Crippen LogP contribution in [0, 0.1) is 3.57 Å². The summed E-state index contributed by atoms with van der Waals surface area (Å²) in [6.07, 6.45) is 0. The molecule has 2 aromatic carbocycles. The summed E-state index contributed by atoms with van der Waals surface area (Å²) >= 11 is 5.91. The van der Waals surface area contributed by atoms with Gasteiger partial charge in [-0.2, -0.15) is 0 Å². The highest BCUT2D eigenvalue weighted by molar-refractivity contribution is 14.1. The summed E-state index contributed by atoms with van der Waals surface area (Å²) in [5, 5.41) is 10.5. The van der Waals surface area contributed by atoms with Crippen LogP contribution in [0.25, 0.3) is 0 Å². The van der Waals surface area contributed by atoms with Gasteiger partial charge >= 0.3 is 0 Å². The normalized spacial score (nSPS) is 19.0. The molecule has 0 radical (unpaired) electrons. The van der Waals surface area contributed by atoms with E-state index >= 15 is 0 Å². The van der Waals surface area contributed by atoms with E-state index in [0.717, 1.165) is 20.4 Å². The van der Waals surface area contributed by atoms with Crippen molar-refractivity contribution < 1.29 is 24.1 Å². The van der Waals surface area contributed by atoms with Crippen LogP contribution in [0.5, 0.6) is 28.7 Å². The van der Waals surface area contributed by atoms with E-state index in [2.05, 4.69) is 28.7 Å². The molecule has 1 N–H and O–H groups in total. The second kappa shape index (κ2) is 8.91. The Morgan fingerprint density at radius 2 is 1.52 bits per heavy atom. The van der Waals surface area contributed by atoms with Gasteiger partial charge in [0.15, 0.2) is 23.0 Å². The molecule has 0 aliphatic carbocycles. The van der Waals surface area contributed by atoms with Crippen LogP contribution in [0.2, 0.25) is 0 Å². The van der Waals surface area contributed by atoms with Crippen LogP contribution in [0.4, 0.5) is 0 Å². The number of halogens is 1. The third-order valence-corrected chi connectivity index (χ3v) is 8.41. The molecule has 1 aliphatic heterocycles. The Morgan fingerprint density at radius 3 is 2.04 bits per heavy atom. The number of hydrogen-bond acceptors (Lipinski definition) is 7. The molecule has 1 saturated heterocycles. The fraction of sp³-hybridized carbons (Fsp3) is 0.368. The summed E-state index contributed by atoms with van der Waals surface area (Å²) < 4.78 is 22.8. The standard InChI is InChI=1S/C19H21IO5S2/c1-22-14-7-10(8-15(23-2)18(14)25-4)16-9-26-19(27-16)11-5-12(20)17(24-3)13(21)6-11/h5-8,16,19,21H,9H2,1-4H3/t16-,19-/m1/s1. The average molecular weight is 520 g/mol. The molecule has 0 amide bonds. The van der Waals surface area contributed by atoms with Crippen LogP contribution in [0.3, 0.4) is 0 Å². The SMILES string of the molecule is COc1cc([C@H]2CS[C@@H](c3cc(O)c(OC)c(I)c3)S2)cc(OC)c1OC. The minimum absolute atomic E-state index is 0.178. The number of benzene rings is 2. The van der Waals surface area contributed by atoms with Crippen molar-refractivity contribution in [2.75, 3.05) is 34.2 Å². The van der Waals surface area contributed by atoms with Crippen molar-refractivity contribution in [3.63, 3.8) is 0 Å². The largest absolute Gasteiger partial charge is 0.504 e. The molecule has 2 atom stereocenters. The Hall–Kier alpha value is -1.13. The van der Waals surface area contributed by atoms with Gasteiger partial charge in [0.25, 0.3) is 0 Å². The van der Waals surface area contributed by atoms with Crippen molar-refractivity contribution in [2.24, 2.45) is 0 Å². The Balaban J connectivity index is 1.86. The van der Waals surface area contributed by atoms with E-state index in [0.29, 0.717) is 23.0 Å². The van der Waals surface area contributed by atoms with E-state index in [1.165, 1.54) is 0 Å². The van der Waals surface area contributed by atoms with E-state index in [1.807, 2.05) is 35.7 Å². The lowest BCUT2D eigenvalue weighted by atomic mass is 10.1. The second-order valence-electron chi connectivity index (χ2n) is 5.80. The van der Waals surface area contributed by atoms with E-state index in [1.54, 1.807) is 34.5 Å². The van der Waals surface area contributed by atoms with E-state index in [-0.39, 0.29) is 15.6 Å². The van der Waals surface area contributed by atoms with Gasteiger partial charge in [-0.15, -0.1) is 23.5 Å². The minimum atomic E-state index is 0.178. The van der Waals surface area contributed by atoms with Crippen molar-refractivity contribution in [1.29, 1.82) is 0 Å². The maximum Gasteiger partial charge on any atom is 0.203 e. The first kappa shape index (κ1) is 20.6. The predicted octanol–water partition coefficient (Wildman–Crippen LogP) is 5.25. The van der Waals surface area contributed by atoms with Crippen LogP contribution >= 0.6 is 46.1 Å². The number of methoxy groups -OCH3 is 4. The summed E-state index contributed by atoms with van der Waals surface area (Å²) in [6.45, 7) is 0. The van der Waals surface area contributed by atoms with Gasteiger partial charge in [-0.05, 0) is 58.0 Å². The third kappa shape index (κ3) is 4.17. The molecule has 2 aromatic rings. The number of ether oxygens (including phenoxy) is 4. The van der Waals surface area contributed by atoms with Crippen LogP contribution < -0.4 is 18.9 Å². The number of phenols is 1. The summed E-state index contributed by atoms with van der Waals surface area (Å²) in [6, 6.07) is 7.89. The summed E-state index contributed by atoms with van der Waals surface area (Å²) in [5.41, 5.74) is 2.22. The van der Waals surface area contributed by atoms with Crippen molar-refractivity contribution in [3.05, 3.63) is 39.0 Å². The first-order valence-electron chi connectivity index (χ1n) is 8.15. The maximum absolute atomic E-state index is 10.2. The van der Waals surface area contributed by atoms with E-state index < -0.39 is 0 Å². The van der Waals surface area contributed by atoms with Gasteiger partial charge in [-0.3, -0.25) is 0 Å². The molecule has 1 aliphatic rings. The molecule has 8 heteroatoms. The van der Waals surface area contributed by atoms with Crippen molar-refractivity contribution in [3.8, 4) is 28.7 Å². The van der Waals surface area contributed by atoms with E-state index in [4.69, 9.17) is 18.9 Å². The second-order valence-corrected chi connectivity index (χ2v) is 9.72. The number of phenolic OH excluding ortho intramolecular Hbond substituents is 1. The Labute approximate surface area is 181 Å². The van der Waals surface area contributed by atoms with Gasteiger partial charge in [-0.25, -0.2) is 0 Å². The van der Waals surface area contributed by atoms with Gasteiger partial charge in [0, 0.05) is 11.0 Å². The highest BCUT2D eigenvalue weighted by Crippen LogP contribution is 2.57. The van der Waals surface area contributed by atoms with Gasteiger partial charge in [-0.1, -0.05) is 0 Å². The molecular weight excluding hydrogens is 499 g/mol. The summed E-state index contributed by atoms with van der Waals surface area (Å²) in [5.74, 6) is 3.59. The molecule has 0 spiro atoms.